The van der Waals surface area contributed by atoms with Crippen LogP contribution in [0.1, 0.15) is 16.1 Å². The van der Waals surface area contributed by atoms with Gasteiger partial charge in [0, 0.05) is 35.9 Å². The Morgan fingerprint density at radius 3 is 2.77 bits per heavy atom. The van der Waals surface area contributed by atoms with E-state index in [-0.39, 0.29) is 0 Å². The summed E-state index contributed by atoms with van der Waals surface area (Å²) in [4.78, 5) is 23.6. The molecule has 0 radical (unpaired) electrons. The normalized spacial score (nSPS) is 10.8. The minimum Gasteiger partial charge on any atom is -0.422 e. The van der Waals surface area contributed by atoms with E-state index in [2.05, 4.69) is 0 Å². The summed E-state index contributed by atoms with van der Waals surface area (Å²) < 4.78 is 12.2. The van der Waals surface area contributed by atoms with Gasteiger partial charge >= 0.3 is 11.6 Å². The lowest BCUT2D eigenvalue weighted by molar-refractivity contribution is 0.0724. The smallest absolute Gasteiger partial charge is 0.360 e. The van der Waals surface area contributed by atoms with Crippen LogP contribution in [-0.2, 0) is 7.05 Å². The highest BCUT2D eigenvalue weighted by Gasteiger charge is 2.16. The van der Waals surface area contributed by atoms with Gasteiger partial charge in [-0.25, -0.2) is 9.59 Å². The highest BCUT2D eigenvalue weighted by atomic mass is 16.5. The molecule has 0 fully saturated rings. The summed E-state index contributed by atoms with van der Waals surface area (Å²) >= 11 is 0. The first-order valence-corrected chi connectivity index (χ1v) is 6.64. The maximum Gasteiger partial charge on any atom is 0.360 e. The Morgan fingerprint density at radius 2 is 2.09 bits per heavy atom. The predicted octanol–water partition coefficient (Wildman–Crippen LogP) is 2.24. The van der Waals surface area contributed by atoms with E-state index in [1.807, 2.05) is 0 Å². The van der Waals surface area contributed by atoms with E-state index in [1.54, 1.807) is 49.0 Å². The van der Waals surface area contributed by atoms with E-state index in [0.29, 0.717) is 33.7 Å². The van der Waals surface area contributed by atoms with E-state index in [9.17, 15) is 9.59 Å². The van der Waals surface area contributed by atoms with Gasteiger partial charge in [0.2, 0.25) is 0 Å². The van der Waals surface area contributed by atoms with Crippen molar-refractivity contribution in [1.29, 1.82) is 0 Å². The Bertz CT molecular complexity index is 937. The van der Waals surface area contributed by atoms with Crippen molar-refractivity contribution in [3.8, 4) is 5.75 Å². The summed E-state index contributed by atoms with van der Waals surface area (Å²) in [5.41, 5.74) is 6.88. The average molecular weight is 298 g/mol. The molecule has 0 aliphatic rings. The first kappa shape index (κ1) is 13.9. The molecule has 2 aromatic heterocycles. The summed E-state index contributed by atoms with van der Waals surface area (Å²) in [7, 11) is 1.75. The summed E-state index contributed by atoms with van der Waals surface area (Å²) in [6.45, 7) is 1.71. The molecule has 0 amide bonds. The SMILES string of the molecule is Cc1c(OC(=O)c2cccn2C)ccc2c(N)cc(=O)oc12. The van der Waals surface area contributed by atoms with Crippen LogP contribution in [0.25, 0.3) is 11.0 Å². The van der Waals surface area contributed by atoms with Gasteiger partial charge in [-0.1, -0.05) is 0 Å². The van der Waals surface area contributed by atoms with Gasteiger partial charge in [0.25, 0.3) is 0 Å². The lowest BCUT2D eigenvalue weighted by Gasteiger charge is -2.10. The van der Waals surface area contributed by atoms with E-state index in [4.69, 9.17) is 14.9 Å². The average Bonchev–Trinajstić information content (AvgIpc) is 2.88. The second kappa shape index (κ2) is 5.07. The molecule has 6 heteroatoms. The first-order valence-electron chi connectivity index (χ1n) is 6.64. The maximum absolute atomic E-state index is 12.2. The van der Waals surface area contributed by atoms with Gasteiger partial charge in [-0.05, 0) is 31.2 Å². The predicted molar refractivity (Wildman–Crippen MR) is 82.0 cm³/mol. The van der Waals surface area contributed by atoms with Gasteiger partial charge < -0.3 is 19.5 Å². The van der Waals surface area contributed by atoms with Gasteiger partial charge in [-0.2, -0.15) is 0 Å². The fourth-order valence-corrected chi connectivity index (χ4v) is 2.30. The fraction of sp³-hybridized carbons (Fsp3) is 0.125. The van der Waals surface area contributed by atoms with Gasteiger partial charge in [0.15, 0.2) is 0 Å². The number of esters is 1. The summed E-state index contributed by atoms with van der Waals surface area (Å²) in [5, 5.41) is 0.607. The standard InChI is InChI=1S/C16H14N2O4/c1-9-13(21-16(20)12-4-3-7-18(12)2)6-5-10-11(17)8-14(19)22-15(9)10/h3-8H,17H2,1-2H3. The third kappa shape index (κ3) is 2.24. The molecule has 22 heavy (non-hydrogen) atoms. The monoisotopic (exact) mass is 298 g/mol. The fourth-order valence-electron chi connectivity index (χ4n) is 2.30. The van der Waals surface area contributed by atoms with Gasteiger partial charge in [-0.15, -0.1) is 0 Å². The molecule has 2 heterocycles. The van der Waals surface area contributed by atoms with E-state index < -0.39 is 11.6 Å². The number of aryl methyl sites for hydroxylation is 2. The highest BCUT2D eigenvalue weighted by Crippen LogP contribution is 2.29. The van der Waals surface area contributed by atoms with E-state index >= 15 is 0 Å². The minimum atomic E-state index is -0.543. The molecule has 3 aromatic rings. The van der Waals surface area contributed by atoms with Crippen LogP contribution < -0.4 is 16.1 Å². The maximum atomic E-state index is 12.2. The summed E-state index contributed by atoms with van der Waals surface area (Å²) in [6, 6.07) is 7.93. The molecule has 2 N–H and O–H groups in total. The van der Waals surface area contributed by atoms with Crippen molar-refractivity contribution in [1.82, 2.24) is 4.57 Å². The highest BCUT2D eigenvalue weighted by molar-refractivity contribution is 5.94. The molecular weight excluding hydrogens is 284 g/mol. The van der Waals surface area contributed by atoms with Crippen LogP contribution in [0.3, 0.4) is 0 Å². The number of hydrogen-bond donors (Lipinski definition) is 1. The number of rotatable bonds is 2. The number of benzene rings is 1. The molecule has 1 aromatic carbocycles. The quantitative estimate of drug-likeness (QED) is 0.445. The molecule has 6 nitrogen and oxygen atoms in total. The van der Waals surface area contributed by atoms with Crippen LogP contribution >= 0.6 is 0 Å². The number of carbonyl (C=O) groups is 1. The van der Waals surface area contributed by atoms with Crippen molar-refractivity contribution < 1.29 is 13.9 Å². The number of anilines is 1. The van der Waals surface area contributed by atoms with Crippen molar-refractivity contribution in [3.05, 3.63) is 58.2 Å². The molecule has 0 bridgehead atoms. The number of fused-ring (bicyclic) bond motifs is 1. The molecule has 0 saturated carbocycles. The molecule has 0 unspecified atom stereocenters. The number of hydrogen-bond acceptors (Lipinski definition) is 5. The van der Waals surface area contributed by atoms with Crippen LogP contribution in [0.15, 0.2) is 45.7 Å². The third-order valence-corrected chi connectivity index (χ3v) is 3.50. The zero-order valence-corrected chi connectivity index (χ0v) is 12.1. The van der Waals surface area contributed by atoms with Crippen LogP contribution in [-0.4, -0.2) is 10.5 Å². The summed E-state index contributed by atoms with van der Waals surface area (Å²) in [5.74, 6) is -0.159. The Labute approximate surface area is 125 Å². The van der Waals surface area contributed by atoms with Crippen molar-refractivity contribution in [3.63, 3.8) is 0 Å². The molecule has 0 aliphatic heterocycles. The molecule has 0 atom stereocenters. The van der Waals surface area contributed by atoms with Crippen LogP contribution in [0.2, 0.25) is 0 Å². The Kier molecular flexibility index (Phi) is 3.21. The zero-order valence-electron chi connectivity index (χ0n) is 12.1. The summed E-state index contributed by atoms with van der Waals surface area (Å²) in [6.07, 6.45) is 1.75. The topological polar surface area (TPSA) is 87.5 Å². The second-order valence-corrected chi connectivity index (χ2v) is 4.98. The first-order chi connectivity index (χ1) is 10.5. The molecule has 112 valence electrons. The number of aromatic nitrogens is 1. The lowest BCUT2D eigenvalue weighted by Crippen LogP contribution is -2.13. The van der Waals surface area contributed by atoms with Crippen molar-refractivity contribution in [2.45, 2.75) is 6.92 Å². The molecular formula is C16H14N2O4. The minimum absolute atomic E-state index is 0.321. The molecule has 3 rings (SSSR count). The number of nitrogens with two attached hydrogens (primary N) is 1. The largest absolute Gasteiger partial charge is 0.422 e. The number of ether oxygens (including phenoxy) is 1. The van der Waals surface area contributed by atoms with Crippen molar-refractivity contribution in [2.24, 2.45) is 7.05 Å². The van der Waals surface area contributed by atoms with Crippen molar-refractivity contribution in [2.75, 3.05) is 5.73 Å². The lowest BCUT2D eigenvalue weighted by atomic mass is 10.1. The van der Waals surface area contributed by atoms with Crippen molar-refractivity contribution >= 4 is 22.6 Å². The second-order valence-electron chi connectivity index (χ2n) is 4.98. The Hall–Kier alpha value is -3.02. The number of nitrogen functional groups attached to an aromatic ring is 1. The van der Waals surface area contributed by atoms with Crippen LogP contribution in [0.5, 0.6) is 5.75 Å². The molecule has 0 aliphatic carbocycles. The van der Waals surface area contributed by atoms with E-state index in [0.717, 1.165) is 0 Å². The number of nitrogens with zero attached hydrogens (tertiary/aromatic N) is 1. The Morgan fingerprint density at radius 1 is 1.32 bits per heavy atom. The van der Waals surface area contributed by atoms with Crippen LogP contribution in [0.4, 0.5) is 5.69 Å². The molecule has 0 spiro atoms. The van der Waals surface area contributed by atoms with Crippen LogP contribution in [0, 0.1) is 6.92 Å². The third-order valence-electron chi connectivity index (χ3n) is 3.50. The van der Waals surface area contributed by atoms with E-state index in [1.165, 1.54) is 6.07 Å². The Balaban J connectivity index is 2.05. The zero-order chi connectivity index (χ0) is 15.9. The van der Waals surface area contributed by atoms with Gasteiger partial charge in [0.1, 0.15) is 17.0 Å². The number of carbonyl (C=O) groups excluding carboxylic acids is 1. The van der Waals surface area contributed by atoms with Gasteiger partial charge in [0.05, 0.1) is 0 Å². The molecule has 0 saturated heterocycles. The van der Waals surface area contributed by atoms with Gasteiger partial charge in [-0.3, -0.25) is 0 Å².